The number of nitrogens with one attached hydrogen (secondary N) is 1. The molecule has 1 aromatic carbocycles. The number of pyridine rings is 1. The number of ether oxygens (including phenoxy) is 1. The summed E-state index contributed by atoms with van der Waals surface area (Å²) in [6.07, 6.45) is 0.475. The number of dihydropyridines is 1. The molecule has 1 N–H and O–H groups in total. The molecule has 3 rings (SSSR count). The summed E-state index contributed by atoms with van der Waals surface area (Å²) in [5.41, 5.74) is 1.28. The van der Waals surface area contributed by atoms with Crippen molar-refractivity contribution >= 4 is 11.8 Å². The van der Waals surface area contributed by atoms with Crippen LogP contribution in [0.2, 0.25) is 0 Å². The molecule has 31 heavy (non-hydrogen) atoms. The van der Waals surface area contributed by atoms with Crippen LogP contribution in [0, 0.1) is 20.2 Å². The third-order valence-corrected chi connectivity index (χ3v) is 4.85. The lowest BCUT2D eigenvalue weighted by Crippen LogP contribution is -2.32. The molecule has 1 aliphatic rings. The molecule has 1 aromatic heterocycles. The monoisotopic (exact) mass is 424 g/mol. The minimum absolute atomic E-state index is 0.00152. The summed E-state index contributed by atoms with van der Waals surface area (Å²) in [4.78, 5) is 38.6. The number of rotatable bonds is 7. The van der Waals surface area contributed by atoms with E-state index in [4.69, 9.17) is 4.74 Å². The lowest BCUT2D eigenvalue weighted by molar-refractivity contribution is -0.431. The van der Waals surface area contributed by atoms with Crippen LogP contribution in [0.5, 0.6) is 0 Å². The van der Waals surface area contributed by atoms with Gasteiger partial charge in [-0.05, 0) is 41.5 Å². The zero-order valence-electron chi connectivity index (χ0n) is 16.9. The van der Waals surface area contributed by atoms with Gasteiger partial charge >= 0.3 is 11.8 Å². The van der Waals surface area contributed by atoms with Crippen molar-refractivity contribution in [1.29, 1.82) is 0 Å². The van der Waals surface area contributed by atoms with Gasteiger partial charge in [0.2, 0.25) is 0 Å². The molecule has 10 heteroatoms. The Bertz CT molecular complexity index is 1090. The van der Waals surface area contributed by atoms with Gasteiger partial charge in [-0.3, -0.25) is 10.1 Å². The maximum Gasteiger partial charge on any atom is 0.363 e. The molecule has 0 saturated heterocycles. The van der Waals surface area contributed by atoms with Gasteiger partial charge in [0, 0.05) is 18.2 Å². The molecular weight excluding hydrogens is 404 g/mol. The number of nitrogens with zero attached hydrogens (tertiary/aromatic N) is 3. The zero-order chi connectivity index (χ0) is 22.5. The van der Waals surface area contributed by atoms with Crippen LogP contribution in [-0.2, 0) is 16.0 Å². The van der Waals surface area contributed by atoms with Crippen LogP contribution in [0.25, 0.3) is 0 Å². The highest BCUT2D eigenvalue weighted by Crippen LogP contribution is 2.38. The Labute approximate surface area is 177 Å². The lowest BCUT2D eigenvalue weighted by atomic mass is 9.87. The summed E-state index contributed by atoms with van der Waals surface area (Å²) in [6, 6.07) is 13.4. The highest BCUT2D eigenvalue weighted by atomic mass is 16.6. The molecular formula is C21H20N4O6. The number of nitro groups is 2. The second-order valence-corrected chi connectivity index (χ2v) is 6.91. The molecule has 2 heterocycles. The molecule has 0 aliphatic carbocycles. The molecule has 2 aromatic rings. The van der Waals surface area contributed by atoms with Crippen LogP contribution < -0.4 is 5.32 Å². The normalized spacial score (nSPS) is 16.0. The van der Waals surface area contributed by atoms with Gasteiger partial charge < -0.3 is 20.2 Å². The first-order valence-corrected chi connectivity index (χ1v) is 9.45. The van der Waals surface area contributed by atoms with Crippen molar-refractivity contribution in [2.45, 2.75) is 26.2 Å². The van der Waals surface area contributed by atoms with Gasteiger partial charge in [-0.2, -0.15) is 0 Å². The fourth-order valence-electron chi connectivity index (χ4n) is 3.47. The smallest absolute Gasteiger partial charge is 0.363 e. The summed E-state index contributed by atoms with van der Waals surface area (Å²) in [6.45, 7) is 3.17. The first-order chi connectivity index (χ1) is 14.8. The molecule has 160 valence electrons. The molecule has 0 fully saturated rings. The maximum atomic E-state index is 12.9. The average molecular weight is 424 g/mol. The highest BCUT2D eigenvalue weighted by molar-refractivity contribution is 5.92. The van der Waals surface area contributed by atoms with E-state index in [1.165, 1.54) is 25.1 Å². The first-order valence-electron chi connectivity index (χ1n) is 9.45. The topological polar surface area (TPSA) is 138 Å². The largest absolute Gasteiger partial charge is 0.462 e. The quantitative estimate of drug-likeness (QED) is 0.406. The third kappa shape index (κ3) is 4.74. The second kappa shape index (κ2) is 9.16. The van der Waals surface area contributed by atoms with E-state index in [1.807, 2.05) is 30.3 Å². The maximum absolute atomic E-state index is 12.9. The van der Waals surface area contributed by atoms with Gasteiger partial charge in [0.25, 0.3) is 5.70 Å². The van der Waals surface area contributed by atoms with Crippen molar-refractivity contribution in [3.8, 4) is 0 Å². The van der Waals surface area contributed by atoms with Crippen LogP contribution >= 0.6 is 0 Å². The number of benzene rings is 1. The molecule has 0 spiro atoms. The predicted octanol–water partition coefficient (Wildman–Crippen LogP) is 3.24. The van der Waals surface area contributed by atoms with Gasteiger partial charge in [0.05, 0.1) is 22.8 Å². The molecule has 0 radical (unpaired) electrons. The van der Waals surface area contributed by atoms with Crippen LogP contribution in [0.4, 0.5) is 5.82 Å². The summed E-state index contributed by atoms with van der Waals surface area (Å²) in [5, 5.41) is 25.8. The van der Waals surface area contributed by atoms with E-state index in [0.29, 0.717) is 12.1 Å². The van der Waals surface area contributed by atoms with Gasteiger partial charge in [-0.25, -0.2) is 4.79 Å². The van der Waals surface area contributed by atoms with E-state index in [1.54, 1.807) is 6.92 Å². The predicted molar refractivity (Wildman–Crippen MR) is 110 cm³/mol. The number of allylic oxidation sites excluding steroid dienone is 3. The Morgan fingerprint density at radius 3 is 2.39 bits per heavy atom. The van der Waals surface area contributed by atoms with Crippen molar-refractivity contribution in [2.75, 3.05) is 6.61 Å². The number of hydrogen-bond acceptors (Lipinski definition) is 8. The van der Waals surface area contributed by atoms with Crippen LogP contribution in [-0.4, -0.2) is 27.4 Å². The van der Waals surface area contributed by atoms with Gasteiger partial charge in [0.1, 0.15) is 0 Å². The fourth-order valence-corrected chi connectivity index (χ4v) is 3.47. The Kier molecular flexibility index (Phi) is 6.39. The van der Waals surface area contributed by atoms with Crippen molar-refractivity contribution in [3.05, 3.63) is 103 Å². The van der Waals surface area contributed by atoms with Crippen LogP contribution in [0.3, 0.4) is 0 Å². The zero-order valence-corrected chi connectivity index (χ0v) is 16.9. The lowest BCUT2D eigenvalue weighted by Gasteiger charge is -2.24. The van der Waals surface area contributed by atoms with E-state index in [-0.39, 0.29) is 29.3 Å². The molecule has 10 nitrogen and oxygen atoms in total. The summed E-state index contributed by atoms with van der Waals surface area (Å²) in [5.74, 6) is -2.42. The highest BCUT2D eigenvalue weighted by Gasteiger charge is 2.44. The molecule has 0 unspecified atom stereocenters. The fraction of sp³-hybridized carbons (Fsp3) is 0.238. The Balaban J connectivity index is 1.94. The molecule has 0 amide bonds. The number of aromatic nitrogens is 1. The first kappa shape index (κ1) is 21.6. The molecule has 1 atom stereocenters. The van der Waals surface area contributed by atoms with Crippen molar-refractivity contribution in [3.63, 3.8) is 0 Å². The van der Waals surface area contributed by atoms with E-state index in [0.717, 1.165) is 5.56 Å². The Morgan fingerprint density at radius 1 is 1.03 bits per heavy atom. The van der Waals surface area contributed by atoms with Crippen LogP contribution in [0.1, 0.15) is 31.0 Å². The number of carbonyl (C=O) groups excluding carboxylic acids is 1. The third-order valence-electron chi connectivity index (χ3n) is 4.85. The SMILES string of the molecule is CC1=C(C(=O)OCCc2ccccc2)[C@@H](c2cccc([N+](=O)[O-])n2)C([N+](=O)[O-])=C(C)N1. The minimum Gasteiger partial charge on any atom is -0.462 e. The van der Waals surface area contributed by atoms with Gasteiger partial charge in [0.15, 0.2) is 11.6 Å². The summed E-state index contributed by atoms with van der Waals surface area (Å²) < 4.78 is 5.40. The molecule has 0 bridgehead atoms. The van der Waals surface area contributed by atoms with Gasteiger partial charge in [-0.1, -0.05) is 30.3 Å². The van der Waals surface area contributed by atoms with E-state index >= 15 is 0 Å². The standard InChI is InChI=1S/C21H20N4O6/c1-13-18(21(26)31-12-11-15-7-4-3-5-8-15)19(20(25(29)30)14(2)22-13)16-9-6-10-17(23-16)24(27)28/h3-10,19,22H,11-12H2,1-2H3/t19-/m1/s1. The minimum atomic E-state index is -1.21. The Morgan fingerprint density at radius 2 is 1.74 bits per heavy atom. The van der Waals surface area contributed by atoms with Gasteiger partial charge in [-0.15, -0.1) is 0 Å². The molecule has 1 aliphatic heterocycles. The number of hydrogen-bond donors (Lipinski definition) is 1. The second-order valence-electron chi connectivity index (χ2n) is 6.91. The number of carbonyl (C=O) groups is 1. The summed E-state index contributed by atoms with van der Waals surface area (Å²) in [7, 11) is 0. The number of esters is 1. The Hall–Kier alpha value is -4.08. The summed E-state index contributed by atoms with van der Waals surface area (Å²) >= 11 is 0. The van der Waals surface area contributed by atoms with Crippen LogP contribution in [0.15, 0.2) is 71.2 Å². The average Bonchev–Trinajstić information content (AvgIpc) is 2.73. The molecule has 0 saturated carbocycles. The van der Waals surface area contributed by atoms with E-state index in [9.17, 15) is 25.0 Å². The van der Waals surface area contributed by atoms with E-state index in [2.05, 4.69) is 10.3 Å². The van der Waals surface area contributed by atoms with E-state index < -0.39 is 27.6 Å². The van der Waals surface area contributed by atoms with Crippen molar-refractivity contribution in [1.82, 2.24) is 10.3 Å². The van der Waals surface area contributed by atoms with Crippen molar-refractivity contribution < 1.29 is 19.4 Å². The van der Waals surface area contributed by atoms with Crippen molar-refractivity contribution in [2.24, 2.45) is 0 Å².